The van der Waals surface area contributed by atoms with Crippen LogP contribution in [0.5, 0.6) is 0 Å². The van der Waals surface area contributed by atoms with Crippen LogP contribution in [0.2, 0.25) is 0 Å². The van der Waals surface area contributed by atoms with Gasteiger partial charge in [0.25, 0.3) is 0 Å². The molecule has 1 aliphatic heterocycles. The molecule has 0 radical (unpaired) electrons. The molecule has 3 nitrogen and oxygen atoms in total. The van der Waals surface area contributed by atoms with Crippen molar-refractivity contribution >= 4 is 17.7 Å². The normalized spacial score (nSPS) is 17.2. The molecule has 0 saturated carbocycles. The lowest BCUT2D eigenvalue weighted by Crippen LogP contribution is -2.61. The van der Waals surface area contributed by atoms with Gasteiger partial charge in [0.05, 0.1) is 18.7 Å². The van der Waals surface area contributed by atoms with Crippen LogP contribution in [0, 0.1) is 11.6 Å². The first kappa shape index (κ1) is 14.3. The zero-order chi connectivity index (χ0) is 14.0. The van der Waals surface area contributed by atoms with E-state index in [-0.39, 0.29) is 5.91 Å². The molecule has 0 aliphatic carbocycles. The first-order valence-corrected chi connectivity index (χ1v) is 6.94. The van der Waals surface area contributed by atoms with E-state index in [4.69, 9.17) is 0 Å². The van der Waals surface area contributed by atoms with Crippen molar-refractivity contribution in [3.8, 4) is 0 Å². The van der Waals surface area contributed by atoms with Crippen molar-refractivity contribution in [2.45, 2.75) is 23.8 Å². The number of β-amino-alcohol motifs (C(OH)–C–C–N with tert-alkyl or cyclic N) is 1. The van der Waals surface area contributed by atoms with Crippen LogP contribution in [0.25, 0.3) is 0 Å². The Hall–Kier alpha value is -1.14. The Kier molecular flexibility index (Phi) is 4.10. The molecule has 0 unspecified atom stereocenters. The third-order valence-corrected chi connectivity index (χ3v) is 3.89. The van der Waals surface area contributed by atoms with E-state index < -0.39 is 17.2 Å². The van der Waals surface area contributed by atoms with Crippen molar-refractivity contribution in [3.63, 3.8) is 0 Å². The minimum atomic E-state index is -0.880. The van der Waals surface area contributed by atoms with Gasteiger partial charge in [0.1, 0.15) is 0 Å². The summed E-state index contributed by atoms with van der Waals surface area (Å²) in [7, 11) is 0. The topological polar surface area (TPSA) is 40.5 Å². The molecule has 1 fully saturated rings. The van der Waals surface area contributed by atoms with E-state index >= 15 is 0 Å². The van der Waals surface area contributed by atoms with E-state index in [1.54, 1.807) is 11.8 Å². The highest BCUT2D eigenvalue weighted by molar-refractivity contribution is 7.99. The number of amides is 1. The van der Waals surface area contributed by atoms with Gasteiger partial charge in [-0.3, -0.25) is 4.79 Å². The fourth-order valence-corrected chi connectivity index (χ4v) is 2.80. The standard InChI is InChI=1S/C13H15F2NO2S/c1-13(18)7-16(8-13)12(17)4-5-19-9-2-3-10(14)11(15)6-9/h2-3,6,18H,4-5,7-8H2,1H3. The Labute approximate surface area is 114 Å². The summed E-state index contributed by atoms with van der Waals surface area (Å²) in [5.74, 6) is -1.28. The third-order valence-electron chi connectivity index (χ3n) is 2.89. The van der Waals surface area contributed by atoms with Gasteiger partial charge in [-0.15, -0.1) is 11.8 Å². The van der Waals surface area contributed by atoms with Gasteiger partial charge in [-0.2, -0.15) is 0 Å². The van der Waals surface area contributed by atoms with Crippen LogP contribution < -0.4 is 0 Å². The van der Waals surface area contributed by atoms with Crippen molar-refractivity contribution in [1.82, 2.24) is 4.90 Å². The second kappa shape index (κ2) is 5.46. The Morgan fingerprint density at radius 2 is 2.11 bits per heavy atom. The molecule has 2 rings (SSSR count). The molecular weight excluding hydrogens is 272 g/mol. The maximum absolute atomic E-state index is 13.0. The van der Waals surface area contributed by atoms with Gasteiger partial charge < -0.3 is 10.0 Å². The number of likely N-dealkylation sites (tertiary alicyclic amines) is 1. The van der Waals surface area contributed by atoms with E-state index in [0.717, 1.165) is 12.1 Å². The molecule has 0 bridgehead atoms. The largest absolute Gasteiger partial charge is 0.386 e. The van der Waals surface area contributed by atoms with Crippen molar-refractivity contribution < 1.29 is 18.7 Å². The first-order valence-electron chi connectivity index (χ1n) is 5.95. The van der Waals surface area contributed by atoms with E-state index in [1.807, 2.05) is 0 Å². The van der Waals surface area contributed by atoms with Gasteiger partial charge in [-0.05, 0) is 25.1 Å². The molecule has 0 spiro atoms. The fraction of sp³-hybridized carbons (Fsp3) is 0.462. The summed E-state index contributed by atoms with van der Waals surface area (Å²) in [5, 5.41) is 9.52. The summed E-state index contributed by atoms with van der Waals surface area (Å²) >= 11 is 1.31. The lowest BCUT2D eigenvalue weighted by Gasteiger charge is -2.44. The molecular formula is C13H15F2NO2S. The van der Waals surface area contributed by atoms with Crippen LogP contribution >= 0.6 is 11.8 Å². The van der Waals surface area contributed by atoms with Gasteiger partial charge in [0.2, 0.25) is 5.91 Å². The Morgan fingerprint density at radius 1 is 1.42 bits per heavy atom. The maximum atomic E-state index is 13.0. The van der Waals surface area contributed by atoms with Crippen LogP contribution in [0.4, 0.5) is 8.78 Å². The van der Waals surface area contributed by atoms with E-state index in [2.05, 4.69) is 0 Å². The zero-order valence-corrected chi connectivity index (χ0v) is 11.3. The molecule has 104 valence electrons. The number of rotatable bonds is 4. The molecule has 1 aromatic carbocycles. The highest BCUT2D eigenvalue weighted by Gasteiger charge is 2.38. The third kappa shape index (κ3) is 3.67. The SMILES string of the molecule is CC1(O)CN(C(=O)CCSc2ccc(F)c(F)c2)C1. The van der Waals surface area contributed by atoms with E-state index in [0.29, 0.717) is 30.2 Å². The summed E-state index contributed by atoms with van der Waals surface area (Å²) in [5.41, 5.74) is -0.761. The molecule has 1 N–H and O–H groups in total. The van der Waals surface area contributed by atoms with Crippen LogP contribution in [0.1, 0.15) is 13.3 Å². The molecule has 1 aliphatic rings. The molecule has 1 aromatic rings. The molecule has 0 atom stereocenters. The van der Waals surface area contributed by atoms with Crippen LogP contribution in [-0.4, -0.2) is 40.4 Å². The quantitative estimate of drug-likeness (QED) is 0.862. The van der Waals surface area contributed by atoms with Gasteiger partial charge >= 0.3 is 0 Å². The number of benzene rings is 1. The second-order valence-corrected chi connectivity index (χ2v) is 6.09. The number of hydrogen-bond donors (Lipinski definition) is 1. The number of halogens is 2. The van der Waals surface area contributed by atoms with Gasteiger partial charge in [0, 0.05) is 17.1 Å². The smallest absolute Gasteiger partial charge is 0.223 e. The zero-order valence-electron chi connectivity index (χ0n) is 10.5. The Morgan fingerprint density at radius 3 is 2.68 bits per heavy atom. The number of nitrogens with zero attached hydrogens (tertiary/aromatic N) is 1. The lowest BCUT2D eigenvalue weighted by molar-refractivity contribution is -0.151. The minimum absolute atomic E-state index is 0.0263. The highest BCUT2D eigenvalue weighted by Crippen LogP contribution is 2.24. The number of aliphatic hydroxyl groups is 1. The summed E-state index contributed by atoms with van der Waals surface area (Å²) in [4.78, 5) is 13.9. The highest BCUT2D eigenvalue weighted by atomic mass is 32.2. The monoisotopic (exact) mass is 287 g/mol. The maximum Gasteiger partial charge on any atom is 0.223 e. The molecule has 1 saturated heterocycles. The van der Waals surface area contributed by atoms with E-state index in [9.17, 15) is 18.7 Å². The fourth-order valence-electron chi connectivity index (χ4n) is 1.93. The summed E-state index contributed by atoms with van der Waals surface area (Å²) in [6.07, 6.45) is 0.319. The summed E-state index contributed by atoms with van der Waals surface area (Å²) in [6.45, 7) is 2.41. The molecule has 1 heterocycles. The summed E-state index contributed by atoms with van der Waals surface area (Å²) in [6, 6.07) is 3.69. The minimum Gasteiger partial charge on any atom is -0.386 e. The van der Waals surface area contributed by atoms with Crippen molar-refractivity contribution in [1.29, 1.82) is 0 Å². The van der Waals surface area contributed by atoms with Crippen LogP contribution in [-0.2, 0) is 4.79 Å². The van der Waals surface area contributed by atoms with Crippen LogP contribution in [0.3, 0.4) is 0 Å². The Bertz CT molecular complexity index is 486. The first-order chi connectivity index (χ1) is 8.87. The summed E-state index contributed by atoms with van der Waals surface area (Å²) < 4.78 is 25.7. The van der Waals surface area contributed by atoms with E-state index in [1.165, 1.54) is 17.8 Å². The van der Waals surface area contributed by atoms with Crippen molar-refractivity contribution in [3.05, 3.63) is 29.8 Å². The number of hydrogen-bond acceptors (Lipinski definition) is 3. The lowest BCUT2D eigenvalue weighted by atomic mass is 9.97. The van der Waals surface area contributed by atoms with Crippen molar-refractivity contribution in [2.24, 2.45) is 0 Å². The average Bonchev–Trinajstić information content (AvgIpc) is 2.30. The average molecular weight is 287 g/mol. The molecule has 1 amide bonds. The molecule has 0 aromatic heterocycles. The molecule has 6 heteroatoms. The predicted octanol–water partition coefficient (Wildman–Crippen LogP) is 2.04. The van der Waals surface area contributed by atoms with Crippen molar-refractivity contribution in [2.75, 3.05) is 18.8 Å². The second-order valence-electron chi connectivity index (χ2n) is 4.92. The molecule has 19 heavy (non-hydrogen) atoms. The number of carbonyl (C=O) groups is 1. The van der Waals surface area contributed by atoms with Gasteiger partial charge in [-0.1, -0.05) is 0 Å². The van der Waals surface area contributed by atoms with Gasteiger partial charge in [0.15, 0.2) is 11.6 Å². The predicted molar refractivity (Wildman–Crippen MR) is 68.9 cm³/mol. The number of carbonyl (C=O) groups excluding carboxylic acids is 1. The Balaban J connectivity index is 1.74. The number of thioether (sulfide) groups is 1. The van der Waals surface area contributed by atoms with Crippen LogP contribution in [0.15, 0.2) is 23.1 Å². The van der Waals surface area contributed by atoms with Gasteiger partial charge in [-0.25, -0.2) is 8.78 Å².